The van der Waals surface area contributed by atoms with Crippen LogP contribution in [0.15, 0.2) is 12.2 Å². The Kier molecular flexibility index (Phi) is 9.35. The van der Waals surface area contributed by atoms with Gasteiger partial charge in [0.05, 0.1) is 18.3 Å². The van der Waals surface area contributed by atoms with Crippen LogP contribution in [0.2, 0.25) is 0 Å². The standard InChI is InChI=1S/C20H34O4S/c1-2-3-8-15(21)13-25-14-17-16(18-11-12-19(17)24-18)9-6-4-5-7-10-20(22)23/h4,6,15-19,21H,2-3,5,7-14H2,1H3,(H,22,23)/b6-4-/t15?,16-,17+,18-,19+/m0/s1. The van der Waals surface area contributed by atoms with Crippen molar-refractivity contribution in [3.63, 3.8) is 0 Å². The molecular weight excluding hydrogens is 336 g/mol. The van der Waals surface area contributed by atoms with Gasteiger partial charge in [-0.2, -0.15) is 11.8 Å². The van der Waals surface area contributed by atoms with E-state index in [-0.39, 0.29) is 12.5 Å². The minimum Gasteiger partial charge on any atom is -0.481 e. The van der Waals surface area contributed by atoms with Crippen molar-refractivity contribution in [1.82, 2.24) is 0 Å². The normalized spacial score (nSPS) is 29.5. The number of carbonyl (C=O) groups is 1. The molecule has 2 bridgehead atoms. The summed E-state index contributed by atoms with van der Waals surface area (Å²) < 4.78 is 6.14. The van der Waals surface area contributed by atoms with Crippen molar-refractivity contribution in [3.8, 4) is 0 Å². The Morgan fingerprint density at radius 1 is 1.24 bits per heavy atom. The van der Waals surface area contributed by atoms with E-state index < -0.39 is 5.97 Å². The number of allylic oxidation sites excluding steroid dienone is 2. The molecule has 0 aromatic heterocycles. The lowest BCUT2D eigenvalue weighted by Gasteiger charge is -2.27. The molecule has 2 fully saturated rings. The van der Waals surface area contributed by atoms with Crippen molar-refractivity contribution < 1.29 is 19.7 Å². The first-order valence-electron chi connectivity index (χ1n) is 9.89. The van der Waals surface area contributed by atoms with Gasteiger partial charge in [-0.1, -0.05) is 31.9 Å². The smallest absolute Gasteiger partial charge is 0.303 e. The molecule has 0 radical (unpaired) electrons. The van der Waals surface area contributed by atoms with E-state index in [0.717, 1.165) is 43.6 Å². The molecule has 0 spiro atoms. The highest BCUT2D eigenvalue weighted by molar-refractivity contribution is 7.99. The molecule has 2 aliphatic heterocycles. The molecule has 2 N–H and O–H groups in total. The fourth-order valence-corrected chi connectivity index (χ4v) is 5.34. The maximum atomic E-state index is 10.5. The highest BCUT2D eigenvalue weighted by atomic mass is 32.2. The number of carboxylic acids is 1. The number of unbranched alkanes of at least 4 members (excludes halogenated alkanes) is 2. The zero-order valence-corrected chi connectivity index (χ0v) is 16.3. The van der Waals surface area contributed by atoms with Crippen LogP contribution in [0.3, 0.4) is 0 Å². The van der Waals surface area contributed by atoms with Gasteiger partial charge in [0.1, 0.15) is 0 Å². The minimum atomic E-state index is -0.715. The summed E-state index contributed by atoms with van der Waals surface area (Å²) in [7, 11) is 0. The number of carboxylic acid groups (broad SMARTS) is 1. The van der Waals surface area contributed by atoms with Crippen molar-refractivity contribution in [2.45, 2.75) is 83.0 Å². The third-order valence-electron chi connectivity index (χ3n) is 5.44. The molecule has 2 aliphatic rings. The number of aliphatic carboxylic acids is 1. The van der Waals surface area contributed by atoms with Gasteiger partial charge < -0.3 is 14.9 Å². The van der Waals surface area contributed by atoms with Gasteiger partial charge in [-0.05, 0) is 56.1 Å². The number of thioether (sulfide) groups is 1. The maximum absolute atomic E-state index is 10.5. The van der Waals surface area contributed by atoms with Gasteiger partial charge in [-0.15, -0.1) is 0 Å². The molecule has 0 saturated carbocycles. The van der Waals surface area contributed by atoms with Crippen molar-refractivity contribution in [3.05, 3.63) is 12.2 Å². The molecule has 5 heteroatoms. The second-order valence-corrected chi connectivity index (χ2v) is 8.52. The molecule has 25 heavy (non-hydrogen) atoms. The van der Waals surface area contributed by atoms with E-state index >= 15 is 0 Å². The predicted octanol–water partition coefficient (Wildman–Crippen LogP) is 4.27. The average Bonchev–Trinajstić information content (AvgIpc) is 3.18. The minimum absolute atomic E-state index is 0.169. The highest BCUT2D eigenvalue weighted by Crippen LogP contribution is 2.46. The van der Waals surface area contributed by atoms with E-state index in [1.165, 1.54) is 12.8 Å². The van der Waals surface area contributed by atoms with Gasteiger partial charge in [0.15, 0.2) is 0 Å². The van der Waals surface area contributed by atoms with Gasteiger partial charge >= 0.3 is 5.97 Å². The summed E-state index contributed by atoms with van der Waals surface area (Å²) in [5, 5.41) is 18.7. The Morgan fingerprint density at radius 3 is 2.72 bits per heavy atom. The van der Waals surface area contributed by atoms with Crippen LogP contribution in [0.4, 0.5) is 0 Å². The first-order chi connectivity index (χ1) is 12.1. The lowest BCUT2D eigenvalue weighted by Crippen LogP contribution is -2.29. The summed E-state index contributed by atoms with van der Waals surface area (Å²) in [4.78, 5) is 10.5. The topological polar surface area (TPSA) is 66.8 Å². The van der Waals surface area contributed by atoms with Crippen LogP contribution in [0.1, 0.15) is 64.7 Å². The zero-order chi connectivity index (χ0) is 18.1. The molecule has 0 aromatic carbocycles. The van der Waals surface area contributed by atoms with Gasteiger partial charge in [0.25, 0.3) is 0 Å². The Labute approximate surface area is 156 Å². The molecule has 5 atom stereocenters. The molecule has 0 aliphatic carbocycles. The summed E-state index contributed by atoms with van der Waals surface area (Å²) in [5.74, 6) is 2.40. The number of fused-ring (bicyclic) bond motifs is 2. The van der Waals surface area contributed by atoms with Crippen LogP contribution in [0.5, 0.6) is 0 Å². The Hall–Kier alpha value is -0.520. The van der Waals surface area contributed by atoms with Crippen LogP contribution in [0.25, 0.3) is 0 Å². The van der Waals surface area contributed by atoms with E-state index in [4.69, 9.17) is 9.84 Å². The third-order valence-corrected chi connectivity index (χ3v) is 6.68. The lowest BCUT2D eigenvalue weighted by molar-refractivity contribution is -0.137. The van der Waals surface area contributed by atoms with Gasteiger partial charge in [-0.3, -0.25) is 4.79 Å². The van der Waals surface area contributed by atoms with E-state index in [2.05, 4.69) is 19.1 Å². The first-order valence-corrected chi connectivity index (χ1v) is 11.0. The molecular formula is C20H34O4S. The molecule has 0 aromatic rings. The van der Waals surface area contributed by atoms with Gasteiger partial charge in [0.2, 0.25) is 0 Å². The first kappa shape index (κ1) is 20.8. The van der Waals surface area contributed by atoms with Crippen molar-refractivity contribution in [2.75, 3.05) is 11.5 Å². The lowest BCUT2D eigenvalue weighted by atomic mass is 9.78. The molecule has 2 rings (SSSR count). The fraction of sp³-hybridized carbons (Fsp3) is 0.850. The van der Waals surface area contributed by atoms with E-state index in [9.17, 15) is 9.90 Å². The summed E-state index contributed by atoms with van der Waals surface area (Å²) in [5.41, 5.74) is 0. The summed E-state index contributed by atoms with van der Waals surface area (Å²) in [6, 6.07) is 0. The van der Waals surface area contributed by atoms with E-state index in [1.807, 2.05) is 11.8 Å². The molecule has 1 unspecified atom stereocenters. The molecule has 2 saturated heterocycles. The SMILES string of the molecule is CCCCC(O)CSC[C@@H]1[C@H](C/C=C\CCCC(=O)O)[C@@H]2CC[C@H]1O2. The number of hydrogen-bond donors (Lipinski definition) is 2. The molecule has 144 valence electrons. The summed E-state index contributed by atoms with van der Waals surface area (Å²) >= 11 is 1.88. The molecule has 0 amide bonds. The predicted molar refractivity (Wildman–Crippen MR) is 103 cm³/mol. The molecule has 4 nitrogen and oxygen atoms in total. The average molecular weight is 371 g/mol. The maximum Gasteiger partial charge on any atom is 0.303 e. The van der Waals surface area contributed by atoms with E-state index in [0.29, 0.717) is 30.5 Å². The second-order valence-electron chi connectivity index (χ2n) is 7.44. The van der Waals surface area contributed by atoms with Crippen LogP contribution >= 0.6 is 11.8 Å². The fourth-order valence-electron chi connectivity index (χ4n) is 4.03. The van der Waals surface area contributed by atoms with Crippen LogP contribution < -0.4 is 0 Å². The van der Waals surface area contributed by atoms with Crippen molar-refractivity contribution in [2.24, 2.45) is 11.8 Å². The van der Waals surface area contributed by atoms with Crippen LogP contribution in [-0.4, -0.2) is 46.0 Å². The number of aliphatic hydroxyl groups excluding tert-OH is 1. The van der Waals surface area contributed by atoms with Crippen LogP contribution in [0, 0.1) is 11.8 Å². The summed E-state index contributed by atoms with van der Waals surface area (Å²) in [6.07, 6.45) is 13.4. The zero-order valence-electron chi connectivity index (χ0n) is 15.4. The second kappa shape index (κ2) is 11.2. The highest BCUT2D eigenvalue weighted by Gasteiger charge is 2.47. The monoisotopic (exact) mass is 370 g/mol. The van der Waals surface area contributed by atoms with Gasteiger partial charge in [-0.25, -0.2) is 0 Å². The number of ether oxygens (including phenoxy) is 1. The Balaban J connectivity index is 1.69. The van der Waals surface area contributed by atoms with Crippen molar-refractivity contribution in [1.29, 1.82) is 0 Å². The third kappa shape index (κ3) is 6.95. The number of hydrogen-bond acceptors (Lipinski definition) is 4. The largest absolute Gasteiger partial charge is 0.481 e. The number of aliphatic hydroxyl groups is 1. The molecule has 2 heterocycles. The Bertz CT molecular complexity index is 426. The van der Waals surface area contributed by atoms with Gasteiger partial charge in [0, 0.05) is 12.2 Å². The quantitative estimate of drug-likeness (QED) is 0.374. The number of rotatable bonds is 13. The van der Waals surface area contributed by atoms with Crippen LogP contribution in [-0.2, 0) is 9.53 Å². The Morgan fingerprint density at radius 2 is 2.00 bits per heavy atom. The summed E-state index contributed by atoms with van der Waals surface area (Å²) in [6.45, 7) is 2.16. The van der Waals surface area contributed by atoms with Crippen molar-refractivity contribution >= 4 is 17.7 Å². The van der Waals surface area contributed by atoms with E-state index in [1.54, 1.807) is 0 Å².